The Bertz CT molecular complexity index is 1380. The zero-order valence-corrected chi connectivity index (χ0v) is 17.7. The molecular weight excluding hydrogens is 394 g/mol. The van der Waals surface area contributed by atoms with Crippen LogP contribution in [0.3, 0.4) is 0 Å². The van der Waals surface area contributed by atoms with Gasteiger partial charge in [-0.05, 0) is 59.7 Å². The van der Waals surface area contributed by atoms with Gasteiger partial charge >= 0.3 is 5.97 Å². The molecule has 0 radical (unpaired) electrons. The summed E-state index contributed by atoms with van der Waals surface area (Å²) in [6.45, 7) is 2.19. The number of nitrogens with zero attached hydrogens (tertiary/aromatic N) is 1. The first kappa shape index (κ1) is 19.2. The van der Waals surface area contributed by atoms with Crippen LogP contribution in [0.25, 0.3) is 32.8 Å². The molecule has 0 bridgehead atoms. The van der Waals surface area contributed by atoms with Crippen molar-refractivity contribution in [2.24, 2.45) is 0 Å². The average molecular weight is 415 g/mol. The normalized spacial score (nSPS) is 12.7. The predicted molar refractivity (Wildman–Crippen MR) is 118 cm³/mol. The fourth-order valence-electron chi connectivity index (χ4n) is 4.30. The molecule has 0 aliphatic carbocycles. The summed E-state index contributed by atoms with van der Waals surface area (Å²) in [5, 5.41) is 2.76. The first-order valence-electron chi connectivity index (χ1n) is 9.88. The molecule has 0 saturated heterocycles. The van der Waals surface area contributed by atoms with Crippen LogP contribution >= 0.6 is 0 Å². The molecule has 31 heavy (non-hydrogen) atoms. The summed E-state index contributed by atoms with van der Waals surface area (Å²) in [6.07, 6.45) is 0. The van der Waals surface area contributed by atoms with Crippen molar-refractivity contribution in [2.45, 2.75) is 13.5 Å². The fraction of sp³-hybridized carbons (Fsp3) is 0.200. The third-order valence-corrected chi connectivity index (χ3v) is 5.70. The molecule has 0 amide bonds. The van der Waals surface area contributed by atoms with Crippen LogP contribution in [0.5, 0.6) is 17.2 Å². The number of aromatic nitrogens is 1. The van der Waals surface area contributed by atoms with E-state index in [-0.39, 0.29) is 12.6 Å². The smallest absolute Gasteiger partial charge is 0.339 e. The lowest BCUT2D eigenvalue weighted by Gasteiger charge is -2.17. The van der Waals surface area contributed by atoms with Crippen LogP contribution in [-0.4, -0.2) is 32.3 Å². The number of rotatable bonds is 4. The van der Waals surface area contributed by atoms with Gasteiger partial charge in [-0.1, -0.05) is 0 Å². The van der Waals surface area contributed by atoms with Crippen molar-refractivity contribution < 1.29 is 23.7 Å². The van der Waals surface area contributed by atoms with Crippen LogP contribution in [0, 0.1) is 6.92 Å². The molecule has 156 valence electrons. The highest BCUT2D eigenvalue weighted by Gasteiger charge is 2.29. The average Bonchev–Trinajstić information content (AvgIpc) is 3.15. The minimum absolute atomic E-state index is 0.251. The minimum Gasteiger partial charge on any atom is -0.497 e. The maximum atomic E-state index is 12.8. The van der Waals surface area contributed by atoms with E-state index in [1.807, 2.05) is 49.4 Å². The Labute approximate surface area is 179 Å². The van der Waals surface area contributed by atoms with Crippen LogP contribution in [0.2, 0.25) is 0 Å². The number of carbonyl (C=O) groups is 1. The van der Waals surface area contributed by atoms with Crippen molar-refractivity contribution in [2.75, 3.05) is 21.3 Å². The highest BCUT2D eigenvalue weighted by Crippen LogP contribution is 2.44. The number of esters is 1. The molecule has 0 atom stereocenters. The zero-order chi connectivity index (χ0) is 21.7. The quantitative estimate of drug-likeness (QED) is 0.434. The summed E-state index contributed by atoms with van der Waals surface area (Å²) >= 11 is 0. The third kappa shape index (κ3) is 2.94. The van der Waals surface area contributed by atoms with Crippen LogP contribution in [0.15, 0.2) is 42.5 Å². The van der Waals surface area contributed by atoms with Gasteiger partial charge in [-0.3, -0.25) is 4.98 Å². The molecule has 1 aliphatic heterocycles. The van der Waals surface area contributed by atoms with Crippen molar-refractivity contribution in [3.63, 3.8) is 0 Å². The molecule has 6 heteroatoms. The standard InChI is InChI=1S/C25H21NO5/c1-13-7-19(17-6-5-16(28-2)10-20(17)26-13)24-18-11-22(30-4)21(29-3)9-14(18)8-15-12-31-25(27)23(15)24/h5-11H,12H2,1-4H3. The first-order chi connectivity index (χ1) is 15.0. The Kier molecular flexibility index (Phi) is 4.43. The number of carbonyl (C=O) groups excluding carboxylic acids is 1. The van der Waals surface area contributed by atoms with E-state index in [0.717, 1.165) is 49.8 Å². The summed E-state index contributed by atoms with van der Waals surface area (Å²) in [7, 11) is 4.84. The number of benzene rings is 3. The monoisotopic (exact) mass is 415 g/mol. The molecule has 1 aromatic heterocycles. The maximum Gasteiger partial charge on any atom is 0.339 e. The summed E-state index contributed by atoms with van der Waals surface area (Å²) in [4.78, 5) is 17.5. The Morgan fingerprint density at radius 3 is 2.39 bits per heavy atom. The molecule has 0 spiro atoms. The third-order valence-electron chi connectivity index (χ3n) is 5.70. The van der Waals surface area contributed by atoms with Gasteiger partial charge in [0.05, 0.1) is 32.4 Å². The summed E-state index contributed by atoms with van der Waals surface area (Å²) < 4.78 is 21.8. The Hall–Kier alpha value is -3.80. The highest BCUT2D eigenvalue weighted by atomic mass is 16.5. The number of pyridine rings is 1. The number of cyclic esters (lactones) is 1. The SMILES string of the molecule is COc1ccc2c(-c3c4c(cc5cc(OC)c(OC)cc35)COC4=O)cc(C)nc2c1. The van der Waals surface area contributed by atoms with Gasteiger partial charge in [0.15, 0.2) is 11.5 Å². The van der Waals surface area contributed by atoms with Gasteiger partial charge in [-0.2, -0.15) is 0 Å². The molecule has 1 aliphatic rings. The highest BCUT2D eigenvalue weighted by molar-refractivity contribution is 6.15. The van der Waals surface area contributed by atoms with Crippen molar-refractivity contribution in [3.05, 3.63) is 59.3 Å². The van der Waals surface area contributed by atoms with E-state index >= 15 is 0 Å². The Morgan fingerprint density at radius 2 is 1.65 bits per heavy atom. The van der Waals surface area contributed by atoms with Gasteiger partial charge < -0.3 is 18.9 Å². The lowest BCUT2D eigenvalue weighted by Crippen LogP contribution is -2.01. The van der Waals surface area contributed by atoms with Crippen LogP contribution in [0.1, 0.15) is 21.6 Å². The van der Waals surface area contributed by atoms with E-state index in [2.05, 4.69) is 4.98 Å². The number of methoxy groups -OCH3 is 3. The zero-order valence-electron chi connectivity index (χ0n) is 17.7. The maximum absolute atomic E-state index is 12.8. The van der Waals surface area contributed by atoms with Gasteiger partial charge in [0, 0.05) is 28.3 Å². The van der Waals surface area contributed by atoms with Crippen LogP contribution in [0.4, 0.5) is 0 Å². The molecule has 5 rings (SSSR count). The molecule has 0 fully saturated rings. The van der Waals surface area contributed by atoms with E-state index in [4.69, 9.17) is 18.9 Å². The Morgan fingerprint density at radius 1 is 0.871 bits per heavy atom. The largest absolute Gasteiger partial charge is 0.497 e. The van der Waals surface area contributed by atoms with E-state index in [1.165, 1.54) is 0 Å². The lowest BCUT2D eigenvalue weighted by atomic mass is 9.88. The van der Waals surface area contributed by atoms with Crippen molar-refractivity contribution in [1.29, 1.82) is 0 Å². The number of aryl methyl sites for hydroxylation is 1. The molecule has 4 aromatic rings. The van der Waals surface area contributed by atoms with E-state index in [1.54, 1.807) is 21.3 Å². The Balaban J connectivity index is 1.94. The lowest BCUT2D eigenvalue weighted by molar-refractivity contribution is 0.0535. The topological polar surface area (TPSA) is 66.9 Å². The second-order valence-corrected chi connectivity index (χ2v) is 7.48. The van der Waals surface area contributed by atoms with Crippen LogP contribution < -0.4 is 14.2 Å². The van der Waals surface area contributed by atoms with Crippen molar-refractivity contribution >= 4 is 27.6 Å². The van der Waals surface area contributed by atoms with E-state index < -0.39 is 0 Å². The summed E-state index contributed by atoms with van der Waals surface area (Å²) in [5.41, 5.74) is 4.81. The molecule has 0 N–H and O–H groups in total. The molecular formula is C25H21NO5. The first-order valence-corrected chi connectivity index (χ1v) is 9.88. The number of hydrogen-bond acceptors (Lipinski definition) is 6. The van der Waals surface area contributed by atoms with Gasteiger partial charge in [-0.25, -0.2) is 4.79 Å². The second kappa shape index (κ2) is 7.16. The molecule has 3 aromatic carbocycles. The number of fused-ring (bicyclic) bond motifs is 3. The number of ether oxygens (including phenoxy) is 4. The fourth-order valence-corrected chi connectivity index (χ4v) is 4.30. The van der Waals surface area contributed by atoms with E-state index in [0.29, 0.717) is 17.1 Å². The number of hydrogen-bond donors (Lipinski definition) is 0. The van der Waals surface area contributed by atoms with Crippen LogP contribution in [-0.2, 0) is 11.3 Å². The van der Waals surface area contributed by atoms with Gasteiger partial charge in [0.2, 0.25) is 0 Å². The van der Waals surface area contributed by atoms with Gasteiger partial charge in [0.25, 0.3) is 0 Å². The van der Waals surface area contributed by atoms with Crippen molar-refractivity contribution in [3.8, 4) is 28.4 Å². The minimum atomic E-state index is -0.321. The molecule has 6 nitrogen and oxygen atoms in total. The predicted octanol–water partition coefficient (Wildman–Crippen LogP) is 5.06. The van der Waals surface area contributed by atoms with Gasteiger partial charge in [-0.15, -0.1) is 0 Å². The molecule has 0 saturated carbocycles. The van der Waals surface area contributed by atoms with Gasteiger partial charge in [0.1, 0.15) is 12.4 Å². The second-order valence-electron chi connectivity index (χ2n) is 7.48. The van der Waals surface area contributed by atoms with Crippen molar-refractivity contribution in [1.82, 2.24) is 4.98 Å². The summed E-state index contributed by atoms with van der Waals surface area (Å²) in [6, 6.07) is 13.6. The molecule has 0 unspecified atom stereocenters. The van der Waals surface area contributed by atoms with E-state index in [9.17, 15) is 4.79 Å². The molecule has 2 heterocycles. The summed E-state index contributed by atoms with van der Waals surface area (Å²) in [5.74, 6) is 1.63.